The van der Waals surface area contributed by atoms with Crippen LogP contribution in [0.4, 0.5) is 0 Å². The van der Waals surface area contributed by atoms with E-state index < -0.39 is 5.97 Å². The van der Waals surface area contributed by atoms with Crippen LogP contribution in [0.5, 0.6) is 0 Å². The predicted molar refractivity (Wildman–Crippen MR) is 77.0 cm³/mol. The summed E-state index contributed by atoms with van der Waals surface area (Å²) in [4.78, 5) is 15.2. The number of hydrogen-bond donors (Lipinski definition) is 1. The Kier molecular flexibility index (Phi) is 4.37. The van der Waals surface area contributed by atoms with E-state index in [9.17, 15) is 4.79 Å². The van der Waals surface area contributed by atoms with Crippen LogP contribution in [0.3, 0.4) is 0 Å². The molecule has 0 aliphatic rings. The van der Waals surface area contributed by atoms with Gasteiger partial charge < -0.3 is 11.0 Å². The summed E-state index contributed by atoms with van der Waals surface area (Å²) in [6.45, 7) is 1.85. The van der Waals surface area contributed by atoms with Crippen LogP contribution in [0.2, 0.25) is 0 Å². The van der Waals surface area contributed by atoms with Crippen LogP contribution in [0.15, 0.2) is 40.8 Å². The first kappa shape index (κ1) is 15.8. The molecule has 3 rings (SSSR count). The predicted octanol–water partition coefficient (Wildman–Crippen LogP) is 0.490. The molecule has 0 aliphatic carbocycles. The van der Waals surface area contributed by atoms with Gasteiger partial charge in [0.05, 0.1) is 17.2 Å². The molecule has 1 heterocycles. The number of nitrogens with zero attached hydrogens (tertiary/aromatic N) is 2. The summed E-state index contributed by atoms with van der Waals surface area (Å²) < 4.78 is 5.72. The number of hydrogen-bond acceptors (Lipinski definition) is 4. The van der Waals surface area contributed by atoms with E-state index in [4.69, 9.17) is 14.8 Å². The molecule has 104 valence electrons. The van der Waals surface area contributed by atoms with Gasteiger partial charge >= 0.3 is 24.8 Å². The molecule has 3 aromatic rings. The van der Waals surface area contributed by atoms with Crippen molar-refractivity contribution in [1.29, 1.82) is 5.26 Å². The molecule has 1 aromatic heterocycles. The van der Waals surface area contributed by atoms with E-state index in [1.807, 2.05) is 6.92 Å². The minimum Gasteiger partial charge on any atom is -1.00 e. The van der Waals surface area contributed by atoms with Crippen LogP contribution < -0.4 is 18.9 Å². The van der Waals surface area contributed by atoms with E-state index >= 15 is 0 Å². The molecule has 0 bridgehead atoms. The molecule has 0 saturated carbocycles. The third-order valence-corrected chi connectivity index (χ3v) is 3.18. The molecule has 1 N–H and O–H groups in total. The van der Waals surface area contributed by atoms with Crippen LogP contribution in [0.25, 0.3) is 22.6 Å². The second kappa shape index (κ2) is 6.07. The quantitative estimate of drug-likeness (QED) is 0.693. The molecule has 5 nitrogen and oxygen atoms in total. The van der Waals surface area contributed by atoms with Gasteiger partial charge in [0.25, 0.3) is 0 Å². The maximum Gasteiger partial charge on any atom is 1.00 e. The van der Waals surface area contributed by atoms with Gasteiger partial charge in [0.15, 0.2) is 5.58 Å². The van der Waals surface area contributed by atoms with Gasteiger partial charge in [-0.2, -0.15) is 5.26 Å². The van der Waals surface area contributed by atoms with Crippen molar-refractivity contribution in [3.63, 3.8) is 0 Å². The second-order valence-electron chi connectivity index (χ2n) is 4.65. The second-order valence-corrected chi connectivity index (χ2v) is 4.65. The van der Waals surface area contributed by atoms with Crippen molar-refractivity contribution in [3.05, 3.63) is 53.1 Å². The Morgan fingerprint density at radius 2 is 2.00 bits per heavy atom. The minimum absolute atomic E-state index is 0. The molecule has 2 aromatic carbocycles. The van der Waals surface area contributed by atoms with Gasteiger partial charge in [-0.15, -0.1) is 0 Å². The number of benzene rings is 2. The zero-order valence-corrected chi connectivity index (χ0v) is 12.1. The average Bonchev–Trinajstić information content (AvgIpc) is 2.91. The molecule has 0 aliphatic heterocycles. The third-order valence-electron chi connectivity index (χ3n) is 3.18. The third kappa shape index (κ3) is 2.75. The normalized spacial score (nSPS) is 10.0. The molecular weight excluding hydrogens is 275 g/mol. The number of carboxylic acids is 1. The smallest absolute Gasteiger partial charge is 1.00 e. The first-order chi connectivity index (χ1) is 10.1. The van der Waals surface area contributed by atoms with E-state index in [0.29, 0.717) is 28.1 Å². The van der Waals surface area contributed by atoms with Gasteiger partial charge in [0.2, 0.25) is 5.89 Å². The fourth-order valence-electron chi connectivity index (χ4n) is 2.14. The van der Waals surface area contributed by atoms with Crippen LogP contribution in [-0.2, 0) is 0 Å². The van der Waals surface area contributed by atoms with Crippen LogP contribution in [0.1, 0.15) is 22.9 Å². The number of aromatic nitrogens is 1. The minimum atomic E-state index is -0.978. The summed E-state index contributed by atoms with van der Waals surface area (Å²) in [5, 5.41) is 17.8. The molecule has 0 amide bonds. The molecule has 6 heteroatoms. The van der Waals surface area contributed by atoms with Gasteiger partial charge in [-0.05, 0) is 48.9 Å². The zero-order chi connectivity index (χ0) is 15.0. The molecule has 0 saturated heterocycles. The van der Waals surface area contributed by atoms with Crippen molar-refractivity contribution in [1.82, 2.24) is 4.98 Å². The Bertz CT molecular complexity index is 898. The number of oxazole rings is 1. The standard InChI is InChI=1S/C16H10N2O3.Li.H/c1-9-6-10(8-17)7-13-14(9)21-15(18-13)11-2-4-12(5-3-11)16(19)20;;/h2-7H,1H3,(H,19,20);;/q;+1;-1. The average molecular weight is 286 g/mol. The van der Waals surface area contributed by atoms with Crippen molar-refractivity contribution in [2.24, 2.45) is 0 Å². The number of fused-ring (bicyclic) bond motifs is 1. The Hall–Kier alpha value is -2.53. The van der Waals surface area contributed by atoms with Crippen molar-refractivity contribution in [3.8, 4) is 17.5 Å². The number of carboxylic acid groups (broad SMARTS) is 1. The monoisotopic (exact) mass is 286 g/mol. The molecule has 0 fully saturated rings. The summed E-state index contributed by atoms with van der Waals surface area (Å²) in [7, 11) is 0. The Labute approximate surface area is 139 Å². The van der Waals surface area contributed by atoms with Crippen molar-refractivity contribution in [2.75, 3.05) is 0 Å². The summed E-state index contributed by atoms with van der Waals surface area (Å²) in [6.07, 6.45) is 0. The van der Waals surface area contributed by atoms with Gasteiger partial charge in [0.1, 0.15) is 5.52 Å². The van der Waals surface area contributed by atoms with E-state index in [0.717, 1.165) is 5.56 Å². The van der Waals surface area contributed by atoms with E-state index in [1.54, 1.807) is 24.3 Å². The van der Waals surface area contributed by atoms with Crippen molar-refractivity contribution in [2.45, 2.75) is 6.92 Å². The van der Waals surface area contributed by atoms with Crippen LogP contribution >= 0.6 is 0 Å². The zero-order valence-electron chi connectivity index (χ0n) is 13.1. The summed E-state index contributed by atoms with van der Waals surface area (Å²) in [5.74, 6) is -0.575. The van der Waals surface area contributed by atoms with E-state index in [2.05, 4.69) is 11.1 Å². The fraction of sp³-hybridized carbons (Fsp3) is 0.0625. The first-order valence-corrected chi connectivity index (χ1v) is 6.23. The number of aryl methyl sites for hydroxylation is 1. The van der Waals surface area contributed by atoms with E-state index in [-0.39, 0.29) is 25.9 Å². The number of rotatable bonds is 2. The maximum atomic E-state index is 10.8. The van der Waals surface area contributed by atoms with Crippen molar-refractivity contribution < 1.29 is 34.6 Å². The summed E-state index contributed by atoms with van der Waals surface area (Å²) in [5.41, 5.74) is 3.51. The van der Waals surface area contributed by atoms with Gasteiger partial charge in [-0.3, -0.25) is 0 Å². The Balaban J connectivity index is 0.00000132. The van der Waals surface area contributed by atoms with Gasteiger partial charge in [0, 0.05) is 5.56 Å². The van der Waals surface area contributed by atoms with Gasteiger partial charge in [-0.25, -0.2) is 9.78 Å². The molecule has 0 radical (unpaired) electrons. The Morgan fingerprint density at radius 3 is 2.59 bits per heavy atom. The molecule has 0 unspecified atom stereocenters. The number of aromatic carboxylic acids is 1. The van der Waals surface area contributed by atoms with Crippen LogP contribution in [-0.4, -0.2) is 16.1 Å². The number of nitriles is 1. The topological polar surface area (TPSA) is 87.1 Å². The summed E-state index contributed by atoms with van der Waals surface area (Å²) in [6, 6.07) is 11.8. The largest absolute Gasteiger partial charge is 1.00 e. The molecule has 0 atom stereocenters. The van der Waals surface area contributed by atoms with Crippen LogP contribution in [0, 0.1) is 18.3 Å². The van der Waals surface area contributed by atoms with Crippen molar-refractivity contribution >= 4 is 17.1 Å². The first-order valence-electron chi connectivity index (χ1n) is 6.23. The maximum absolute atomic E-state index is 10.8. The Morgan fingerprint density at radius 1 is 1.32 bits per heavy atom. The van der Waals surface area contributed by atoms with Gasteiger partial charge in [-0.1, -0.05) is 0 Å². The number of carbonyl (C=O) groups is 1. The SMILES string of the molecule is Cc1cc(C#N)cc2nc(-c3ccc(C(=O)O)cc3)oc12.[H-].[Li+]. The molecular formula is C16H11LiN2O3. The molecule has 22 heavy (non-hydrogen) atoms. The van der Waals surface area contributed by atoms with E-state index in [1.165, 1.54) is 12.1 Å². The fourth-order valence-corrected chi connectivity index (χ4v) is 2.14. The summed E-state index contributed by atoms with van der Waals surface area (Å²) >= 11 is 0. The molecule has 0 spiro atoms.